The van der Waals surface area contributed by atoms with Gasteiger partial charge in [-0.1, -0.05) is 67.8 Å². The van der Waals surface area contributed by atoms with Crippen molar-refractivity contribution in [2.24, 2.45) is 0 Å². The Kier molecular flexibility index (Phi) is 13.0. The lowest BCUT2D eigenvalue weighted by molar-refractivity contribution is 0.439. The molecule has 1 aromatic rings. The number of rotatable bonds is 9. The van der Waals surface area contributed by atoms with Crippen molar-refractivity contribution in [2.75, 3.05) is 0 Å². The van der Waals surface area contributed by atoms with E-state index in [0.29, 0.717) is 0 Å². The lowest BCUT2D eigenvalue weighted by atomic mass is 9.98. The van der Waals surface area contributed by atoms with Gasteiger partial charge in [0.05, 0.1) is 58.5 Å². The van der Waals surface area contributed by atoms with Crippen molar-refractivity contribution in [3.05, 3.63) is 33.8 Å². The minimum atomic E-state index is -1.52. The Morgan fingerprint density at radius 3 is 0.894 bits per heavy atom. The predicted molar refractivity (Wildman–Crippen MR) is 214 cm³/mol. The molecule has 0 nitrogen and oxygen atoms in total. The molecule has 6 aliphatic carbocycles. The van der Waals surface area contributed by atoms with Crippen LogP contribution in [0.3, 0.4) is 0 Å². The molecule has 0 amide bonds. The molecule has 6 aliphatic rings. The van der Waals surface area contributed by atoms with Crippen molar-refractivity contribution in [3.8, 4) is 0 Å². The molecule has 1 aromatic carbocycles. The van der Waals surface area contributed by atoms with E-state index in [1.807, 2.05) is 0 Å². The third-order valence-electron chi connectivity index (χ3n) is 15.3. The highest BCUT2D eigenvalue weighted by atomic mass is 35.5. The van der Waals surface area contributed by atoms with Gasteiger partial charge in [0.2, 0.25) is 0 Å². The second kappa shape index (κ2) is 17.0. The second-order valence-electron chi connectivity index (χ2n) is 17.6. The lowest BCUT2D eigenvalue weighted by Gasteiger charge is -2.59. The first-order valence-corrected chi connectivity index (χ1v) is 26.3. The molecular formula is C43H70Cl2P2+2. The van der Waals surface area contributed by atoms with Crippen molar-refractivity contribution in [2.45, 2.75) is 232 Å². The van der Waals surface area contributed by atoms with E-state index in [2.05, 4.69) is 18.2 Å². The Morgan fingerprint density at radius 1 is 0.383 bits per heavy atom. The summed E-state index contributed by atoms with van der Waals surface area (Å²) in [5, 5.41) is 2.69. The normalized spacial score (nSPS) is 26.6. The first-order chi connectivity index (χ1) is 23.2. The summed E-state index contributed by atoms with van der Waals surface area (Å²) in [7, 11) is -3.03. The van der Waals surface area contributed by atoms with E-state index in [9.17, 15) is 0 Å². The Morgan fingerprint density at radius 2 is 0.638 bits per heavy atom. The van der Waals surface area contributed by atoms with E-state index in [0.717, 1.165) is 49.4 Å². The summed E-state index contributed by atoms with van der Waals surface area (Å²) in [5.74, 6) is 0. The first kappa shape index (κ1) is 36.0. The Labute approximate surface area is 302 Å². The highest BCUT2D eigenvalue weighted by Crippen LogP contribution is 2.99. The van der Waals surface area contributed by atoms with Gasteiger partial charge in [-0.05, 0) is 166 Å². The molecule has 47 heavy (non-hydrogen) atoms. The van der Waals surface area contributed by atoms with Crippen LogP contribution in [0.25, 0.3) is 0 Å². The van der Waals surface area contributed by atoms with Crippen molar-refractivity contribution in [3.63, 3.8) is 0 Å². The van der Waals surface area contributed by atoms with Crippen LogP contribution in [-0.2, 0) is 0 Å². The third-order valence-corrected chi connectivity index (χ3v) is 31.5. The molecule has 0 bridgehead atoms. The average molecular weight is 720 g/mol. The van der Waals surface area contributed by atoms with E-state index in [1.54, 1.807) is 82.6 Å². The maximum absolute atomic E-state index is 7.84. The van der Waals surface area contributed by atoms with Crippen molar-refractivity contribution < 1.29 is 0 Å². The summed E-state index contributed by atoms with van der Waals surface area (Å²) < 4.78 is 0. The molecule has 0 spiro atoms. The van der Waals surface area contributed by atoms with Gasteiger partial charge in [-0.2, -0.15) is 0 Å². The zero-order valence-corrected chi connectivity index (χ0v) is 33.4. The lowest BCUT2D eigenvalue weighted by Crippen LogP contribution is -2.45. The molecule has 0 aliphatic heterocycles. The summed E-state index contributed by atoms with van der Waals surface area (Å²) in [5.41, 5.74) is 7.64. The fourth-order valence-corrected chi connectivity index (χ4v) is 35.4. The molecule has 0 atom stereocenters. The zero-order chi connectivity index (χ0) is 32.1. The van der Waals surface area contributed by atoms with Crippen molar-refractivity contribution in [1.29, 1.82) is 0 Å². The third kappa shape index (κ3) is 7.08. The fourth-order valence-electron chi connectivity index (χ4n) is 13.7. The van der Waals surface area contributed by atoms with Gasteiger partial charge in [-0.15, -0.1) is 0 Å². The molecule has 0 N–H and O–H groups in total. The van der Waals surface area contributed by atoms with Gasteiger partial charge >= 0.3 is 0 Å². The van der Waals surface area contributed by atoms with Crippen molar-refractivity contribution >= 4 is 37.7 Å². The highest BCUT2D eigenvalue weighted by molar-refractivity contribution is 7.94. The van der Waals surface area contributed by atoms with Gasteiger partial charge in [0.25, 0.3) is 0 Å². The van der Waals surface area contributed by atoms with Gasteiger partial charge in [0.15, 0.2) is 5.40 Å². The predicted octanol–water partition coefficient (Wildman–Crippen LogP) is 16.0. The molecule has 264 valence electrons. The van der Waals surface area contributed by atoms with Crippen LogP contribution < -0.4 is 0 Å². The molecule has 0 radical (unpaired) electrons. The van der Waals surface area contributed by atoms with Crippen LogP contribution >= 0.6 is 37.7 Å². The van der Waals surface area contributed by atoms with Gasteiger partial charge in [0, 0.05) is 5.56 Å². The Balaban J connectivity index is 1.57. The SMILES string of the molecule is Clc1cccc(C([P+](C2CCCCC2)(C2CCCCC2)C2CCCCC2)[P+](C2CCCCC2)(C2CCCCC2)C2CCCCC2)c1Cl. The van der Waals surface area contributed by atoms with Crippen LogP contribution in [0.1, 0.15) is 204 Å². The summed E-state index contributed by atoms with van der Waals surface area (Å²) in [4.78, 5) is 0. The Hall–Kier alpha value is 0.660. The van der Waals surface area contributed by atoms with Crippen LogP contribution in [-0.4, -0.2) is 34.0 Å². The Bertz CT molecular complexity index is 946. The van der Waals surface area contributed by atoms with E-state index in [-0.39, 0.29) is 0 Å². The number of hydrogen-bond acceptors (Lipinski definition) is 0. The standard InChI is InChI=1S/C43H70Cl2P2/c44-41-33-19-32-40(42(41)45)43(46(34-20-7-1-8-21-34,35-22-9-2-10-23-35)36-24-11-3-12-25-36)47(37-26-13-4-14-27-37,38-28-15-5-16-29-38)39-30-17-6-18-31-39/h19,32-39,43H,1-18,20-31H2/q+2. The van der Waals surface area contributed by atoms with Crippen LogP contribution in [0.4, 0.5) is 0 Å². The second-order valence-corrected chi connectivity index (χ2v) is 27.7. The summed E-state index contributed by atoms with van der Waals surface area (Å²) in [6, 6.07) is 7.17. The first-order valence-electron chi connectivity index (χ1n) is 21.4. The summed E-state index contributed by atoms with van der Waals surface area (Å²) in [6.07, 6.45) is 45.6. The van der Waals surface area contributed by atoms with E-state index >= 15 is 0 Å². The number of benzene rings is 1. The quantitative estimate of drug-likeness (QED) is 0.223. The maximum atomic E-state index is 7.84. The molecule has 4 heteroatoms. The minimum Gasteiger partial charge on any atom is -0.0827 e. The average Bonchev–Trinajstić information content (AvgIpc) is 3.15. The molecule has 7 rings (SSSR count). The van der Waals surface area contributed by atoms with Gasteiger partial charge in [0.1, 0.15) is 0 Å². The van der Waals surface area contributed by atoms with Crippen LogP contribution in [0, 0.1) is 0 Å². The largest absolute Gasteiger partial charge is 0.196 e. The summed E-state index contributed by atoms with van der Waals surface area (Å²) >= 11 is 15.1. The van der Waals surface area contributed by atoms with Gasteiger partial charge in [-0.3, -0.25) is 0 Å². The monoisotopic (exact) mass is 718 g/mol. The molecule has 0 aromatic heterocycles. The van der Waals surface area contributed by atoms with Gasteiger partial charge in [-0.25, -0.2) is 0 Å². The molecule has 6 saturated carbocycles. The number of hydrogen-bond donors (Lipinski definition) is 0. The van der Waals surface area contributed by atoms with Crippen molar-refractivity contribution in [1.82, 2.24) is 0 Å². The topological polar surface area (TPSA) is 0 Å². The van der Waals surface area contributed by atoms with E-state index in [4.69, 9.17) is 23.2 Å². The van der Waals surface area contributed by atoms with Crippen LogP contribution in [0.15, 0.2) is 18.2 Å². The minimum absolute atomic E-state index is 0.796. The fraction of sp³-hybridized carbons (Fsp3) is 0.860. The smallest absolute Gasteiger partial charge is 0.0827 e. The molecule has 0 saturated heterocycles. The molecule has 0 heterocycles. The van der Waals surface area contributed by atoms with Gasteiger partial charge < -0.3 is 0 Å². The van der Waals surface area contributed by atoms with E-state index in [1.165, 1.54) is 116 Å². The maximum Gasteiger partial charge on any atom is 0.196 e. The van der Waals surface area contributed by atoms with Crippen LogP contribution in [0.5, 0.6) is 0 Å². The van der Waals surface area contributed by atoms with Crippen LogP contribution in [0.2, 0.25) is 10.0 Å². The molecular weight excluding hydrogens is 649 g/mol. The highest BCUT2D eigenvalue weighted by Gasteiger charge is 2.75. The number of halogens is 2. The zero-order valence-electron chi connectivity index (χ0n) is 30.1. The molecule has 6 fully saturated rings. The molecule has 0 unspecified atom stereocenters. The summed E-state index contributed by atoms with van der Waals surface area (Å²) in [6.45, 7) is 0. The van der Waals surface area contributed by atoms with E-state index < -0.39 is 14.5 Å².